The Balaban J connectivity index is 1.35. The predicted octanol–water partition coefficient (Wildman–Crippen LogP) is 2.18. The summed E-state index contributed by atoms with van der Waals surface area (Å²) in [4.78, 5) is 16.7. The van der Waals surface area contributed by atoms with E-state index < -0.39 is 10.0 Å². The number of nitrogens with zero attached hydrogens (tertiary/aromatic N) is 2. The summed E-state index contributed by atoms with van der Waals surface area (Å²) in [5, 5.41) is 0. The third-order valence-electron chi connectivity index (χ3n) is 4.47. The highest BCUT2D eigenvalue weighted by Gasteiger charge is 2.27. The van der Waals surface area contributed by atoms with Gasteiger partial charge in [-0.15, -0.1) is 0 Å². The predicted molar refractivity (Wildman–Crippen MR) is 102 cm³/mol. The second kappa shape index (κ2) is 7.13. The molecular weight excluding hydrogens is 364 g/mol. The van der Waals surface area contributed by atoms with Crippen molar-refractivity contribution in [2.24, 2.45) is 0 Å². The fourth-order valence-corrected chi connectivity index (χ4v) is 4.13. The maximum absolute atomic E-state index is 12.2. The minimum absolute atomic E-state index is 0.0811. The number of hydrogen-bond acceptors (Lipinski definition) is 4. The lowest BCUT2D eigenvalue weighted by atomic mass is 10.1. The van der Waals surface area contributed by atoms with Gasteiger partial charge in [0.2, 0.25) is 15.9 Å². The van der Waals surface area contributed by atoms with Gasteiger partial charge in [0.15, 0.2) is 0 Å². The van der Waals surface area contributed by atoms with Gasteiger partial charge in [0.1, 0.15) is 6.33 Å². The molecule has 0 atom stereocenters. The number of carbonyl (C=O) groups is 1. The van der Waals surface area contributed by atoms with Crippen molar-refractivity contribution in [3.8, 4) is 0 Å². The highest BCUT2D eigenvalue weighted by molar-refractivity contribution is 7.89. The number of fused-ring (bicyclic) bond motifs is 1. The van der Waals surface area contributed by atoms with Crippen LogP contribution in [0.15, 0.2) is 59.8 Å². The van der Waals surface area contributed by atoms with Crippen molar-refractivity contribution in [3.05, 3.63) is 60.4 Å². The van der Waals surface area contributed by atoms with E-state index in [1.807, 2.05) is 24.3 Å². The first-order valence-electron chi connectivity index (χ1n) is 8.84. The summed E-state index contributed by atoms with van der Waals surface area (Å²) in [5.74, 6) is -0.134. The molecule has 27 heavy (non-hydrogen) atoms. The van der Waals surface area contributed by atoms with Crippen LogP contribution in [0.25, 0.3) is 11.0 Å². The average molecular weight is 384 g/mol. The van der Waals surface area contributed by atoms with Crippen molar-refractivity contribution >= 4 is 27.0 Å². The Morgan fingerprint density at radius 3 is 2.59 bits per heavy atom. The zero-order valence-electron chi connectivity index (χ0n) is 14.6. The molecule has 140 valence electrons. The number of rotatable bonds is 7. The van der Waals surface area contributed by atoms with E-state index in [0.717, 1.165) is 29.4 Å². The minimum atomic E-state index is -3.44. The van der Waals surface area contributed by atoms with Crippen LogP contribution in [0, 0.1) is 0 Å². The quantitative estimate of drug-likeness (QED) is 0.653. The summed E-state index contributed by atoms with van der Waals surface area (Å²) in [6, 6.07) is 14.3. The number of benzene rings is 2. The highest BCUT2D eigenvalue weighted by Crippen LogP contribution is 2.22. The number of hydrogen-bond donors (Lipinski definition) is 2. The maximum Gasteiger partial charge on any atom is 0.240 e. The lowest BCUT2D eigenvalue weighted by molar-refractivity contribution is -0.117. The van der Waals surface area contributed by atoms with Gasteiger partial charge >= 0.3 is 0 Å². The Labute approximate surface area is 157 Å². The number of nitrogens with one attached hydrogen (secondary N) is 2. The van der Waals surface area contributed by atoms with Crippen LogP contribution in [0.5, 0.6) is 0 Å². The van der Waals surface area contributed by atoms with Gasteiger partial charge in [-0.2, -0.15) is 0 Å². The molecule has 0 spiro atoms. The van der Waals surface area contributed by atoms with Gasteiger partial charge < -0.3 is 0 Å². The van der Waals surface area contributed by atoms with E-state index in [0.29, 0.717) is 12.8 Å². The molecule has 0 saturated heterocycles. The molecule has 7 nitrogen and oxygen atoms in total. The zero-order valence-corrected chi connectivity index (χ0v) is 15.4. The fourth-order valence-electron chi connectivity index (χ4n) is 2.82. The monoisotopic (exact) mass is 384 g/mol. The maximum atomic E-state index is 12.2. The fraction of sp³-hybridized carbons (Fsp3) is 0.263. The van der Waals surface area contributed by atoms with E-state index in [4.69, 9.17) is 0 Å². The summed E-state index contributed by atoms with van der Waals surface area (Å²) in [6.07, 6.45) is 4.19. The summed E-state index contributed by atoms with van der Waals surface area (Å²) < 4.78 is 28.6. The van der Waals surface area contributed by atoms with Crippen molar-refractivity contribution in [1.29, 1.82) is 0 Å². The molecule has 0 bridgehead atoms. The van der Waals surface area contributed by atoms with Crippen LogP contribution in [-0.2, 0) is 21.2 Å². The Bertz CT molecular complexity index is 1070. The molecule has 0 aliphatic heterocycles. The topological polar surface area (TPSA) is 93.1 Å². The first-order chi connectivity index (χ1) is 13.0. The standard InChI is InChI=1S/C19H20N4O3S/c24-19(21-23-13-20-17-3-1-2-4-18(17)23)12-7-14-5-10-16(11-6-14)27(25,26)22-15-8-9-15/h1-6,10-11,13,15,22H,7-9,12H2,(H,21,24). The van der Waals surface area contributed by atoms with Crippen LogP contribution in [0.4, 0.5) is 0 Å². The first kappa shape index (κ1) is 17.7. The van der Waals surface area contributed by atoms with Crippen molar-refractivity contribution in [2.75, 3.05) is 5.43 Å². The second-order valence-electron chi connectivity index (χ2n) is 6.68. The molecule has 0 unspecified atom stereocenters. The molecule has 1 saturated carbocycles. The molecule has 1 aliphatic carbocycles. The molecule has 0 radical (unpaired) electrons. The molecule has 3 aromatic rings. The number of imidazole rings is 1. The van der Waals surface area contributed by atoms with Crippen LogP contribution in [-0.4, -0.2) is 30.0 Å². The van der Waals surface area contributed by atoms with Gasteiger partial charge in [0.25, 0.3) is 0 Å². The highest BCUT2D eigenvalue weighted by atomic mass is 32.2. The average Bonchev–Trinajstić information content (AvgIpc) is 3.38. The van der Waals surface area contributed by atoms with Gasteiger partial charge in [0, 0.05) is 12.5 Å². The molecule has 2 N–H and O–H groups in total. The van der Waals surface area contributed by atoms with E-state index in [1.54, 1.807) is 35.3 Å². The molecule has 4 rings (SSSR count). The Morgan fingerprint density at radius 2 is 1.85 bits per heavy atom. The summed E-state index contributed by atoms with van der Waals surface area (Å²) >= 11 is 0. The van der Waals surface area contributed by atoms with E-state index in [1.165, 1.54) is 0 Å². The molecule has 8 heteroatoms. The Hall–Kier alpha value is -2.71. The normalized spacial score (nSPS) is 14.4. The van der Waals surface area contributed by atoms with Gasteiger partial charge in [-0.25, -0.2) is 22.8 Å². The van der Waals surface area contributed by atoms with E-state index in [-0.39, 0.29) is 16.8 Å². The van der Waals surface area contributed by atoms with Crippen LogP contribution in [0.1, 0.15) is 24.8 Å². The van der Waals surface area contributed by atoms with Gasteiger partial charge in [-0.1, -0.05) is 24.3 Å². The molecule has 2 aromatic carbocycles. The van der Waals surface area contributed by atoms with Crippen LogP contribution < -0.4 is 10.1 Å². The van der Waals surface area contributed by atoms with Crippen LogP contribution in [0.3, 0.4) is 0 Å². The largest absolute Gasteiger partial charge is 0.273 e. The summed E-state index contributed by atoms with van der Waals surface area (Å²) in [5.41, 5.74) is 5.37. The van der Waals surface area contributed by atoms with Gasteiger partial charge in [-0.05, 0) is 49.1 Å². The third kappa shape index (κ3) is 4.17. The molecule has 1 aliphatic rings. The lowest BCUT2D eigenvalue weighted by Crippen LogP contribution is -2.25. The number of para-hydroxylation sites is 2. The third-order valence-corrected chi connectivity index (χ3v) is 6.01. The zero-order chi connectivity index (χ0) is 18.9. The molecule has 1 aromatic heterocycles. The molecule has 1 amide bonds. The summed E-state index contributed by atoms with van der Waals surface area (Å²) in [7, 11) is -3.44. The Morgan fingerprint density at radius 1 is 1.11 bits per heavy atom. The van der Waals surface area contributed by atoms with Gasteiger partial charge in [0.05, 0.1) is 15.9 Å². The van der Waals surface area contributed by atoms with Crippen molar-refractivity contribution < 1.29 is 13.2 Å². The Kier molecular flexibility index (Phi) is 4.67. The second-order valence-corrected chi connectivity index (χ2v) is 8.39. The van der Waals surface area contributed by atoms with Gasteiger partial charge in [-0.3, -0.25) is 10.2 Å². The van der Waals surface area contributed by atoms with E-state index in [9.17, 15) is 13.2 Å². The number of aromatic nitrogens is 2. The van der Waals surface area contributed by atoms with Crippen molar-refractivity contribution in [1.82, 2.24) is 14.4 Å². The van der Waals surface area contributed by atoms with E-state index in [2.05, 4.69) is 15.1 Å². The molecule has 1 fully saturated rings. The minimum Gasteiger partial charge on any atom is -0.273 e. The van der Waals surface area contributed by atoms with Crippen LogP contribution in [0.2, 0.25) is 0 Å². The SMILES string of the molecule is O=C(CCc1ccc(S(=O)(=O)NC2CC2)cc1)Nn1cnc2ccccc21. The molecule has 1 heterocycles. The number of carbonyl (C=O) groups excluding carboxylic acids is 1. The van der Waals surface area contributed by atoms with Crippen molar-refractivity contribution in [3.63, 3.8) is 0 Å². The van der Waals surface area contributed by atoms with Crippen molar-refractivity contribution in [2.45, 2.75) is 36.6 Å². The van der Waals surface area contributed by atoms with E-state index >= 15 is 0 Å². The molecular formula is C19H20N4O3S. The number of amides is 1. The number of sulfonamides is 1. The summed E-state index contributed by atoms with van der Waals surface area (Å²) in [6.45, 7) is 0. The lowest BCUT2D eigenvalue weighted by Gasteiger charge is -2.08. The smallest absolute Gasteiger partial charge is 0.240 e. The first-order valence-corrected chi connectivity index (χ1v) is 10.3. The van der Waals surface area contributed by atoms with Crippen LogP contribution >= 0.6 is 0 Å². The number of aryl methyl sites for hydroxylation is 1.